The molecule has 3 atom stereocenters. The number of alkyl halides is 1. The first-order chi connectivity index (χ1) is 20.9. The van der Waals surface area contributed by atoms with Crippen molar-refractivity contribution in [2.24, 2.45) is 0 Å². The second-order valence-corrected chi connectivity index (χ2v) is 11.3. The highest BCUT2D eigenvalue weighted by Gasteiger charge is 2.32. The quantitative estimate of drug-likeness (QED) is 0.284. The number of likely N-dealkylation sites (tertiary alicyclic amines) is 1. The molecule has 0 saturated carbocycles. The Morgan fingerprint density at radius 3 is 2.81 bits per heavy atom. The minimum absolute atomic E-state index is 0.102. The lowest BCUT2D eigenvalue weighted by Crippen LogP contribution is -2.55. The van der Waals surface area contributed by atoms with Crippen molar-refractivity contribution in [2.75, 3.05) is 44.7 Å². The molecular weight excluding hydrogens is 571 g/mol. The van der Waals surface area contributed by atoms with Gasteiger partial charge in [-0.05, 0) is 37.7 Å². The maximum absolute atomic E-state index is 14.0. The van der Waals surface area contributed by atoms with Gasteiger partial charge in [-0.1, -0.05) is 30.3 Å². The van der Waals surface area contributed by atoms with Crippen LogP contribution in [0.15, 0.2) is 55.4 Å². The first-order valence-corrected chi connectivity index (χ1v) is 14.5. The first kappa shape index (κ1) is 28.7. The van der Waals surface area contributed by atoms with Crippen LogP contribution in [-0.2, 0) is 4.79 Å². The number of rotatable bonds is 7. The van der Waals surface area contributed by atoms with E-state index in [9.17, 15) is 14.4 Å². The van der Waals surface area contributed by atoms with Crippen LogP contribution < -0.4 is 9.64 Å². The van der Waals surface area contributed by atoms with E-state index in [1.165, 1.54) is 6.08 Å². The summed E-state index contributed by atoms with van der Waals surface area (Å²) < 4.78 is 20.1. The van der Waals surface area contributed by atoms with E-state index in [4.69, 9.17) is 26.3 Å². The highest BCUT2D eigenvalue weighted by molar-refractivity contribution is 6.36. The molecule has 3 aromatic heterocycles. The zero-order chi connectivity index (χ0) is 30.1. The molecule has 12 heteroatoms. The second-order valence-electron chi connectivity index (χ2n) is 10.9. The van der Waals surface area contributed by atoms with E-state index < -0.39 is 6.17 Å². The van der Waals surface area contributed by atoms with Gasteiger partial charge in [0.05, 0.1) is 29.6 Å². The molecule has 4 aromatic rings. The number of carbonyl (C=O) groups excluding carboxylic acids is 1. The Morgan fingerprint density at radius 2 is 2.05 bits per heavy atom. The highest BCUT2D eigenvalue weighted by atomic mass is 35.5. The largest absolute Gasteiger partial charge is 0.462 e. The molecule has 0 spiro atoms. The predicted molar refractivity (Wildman–Crippen MR) is 163 cm³/mol. The zero-order valence-electron chi connectivity index (χ0n) is 23.7. The number of ether oxygens (including phenoxy) is 1. The van der Waals surface area contributed by atoms with Crippen LogP contribution in [-0.4, -0.2) is 93.7 Å². The Kier molecular flexibility index (Phi) is 8.06. The topological polar surface area (TPSA) is 111 Å². The second kappa shape index (κ2) is 12.1. The maximum Gasteiger partial charge on any atom is 0.320 e. The third-order valence-electron chi connectivity index (χ3n) is 8.14. The lowest BCUT2D eigenvalue weighted by Gasteiger charge is -2.41. The molecule has 43 heavy (non-hydrogen) atoms. The molecule has 5 heterocycles. The summed E-state index contributed by atoms with van der Waals surface area (Å²) in [7, 11) is 1.87. The molecule has 2 saturated heterocycles. The maximum atomic E-state index is 14.0. The van der Waals surface area contributed by atoms with Gasteiger partial charge in [-0.25, -0.2) is 9.37 Å². The molecule has 0 bridgehead atoms. The van der Waals surface area contributed by atoms with Crippen molar-refractivity contribution >= 4 is 45.1 Å². The van der Waals surface area contributed by atoms with Gasteiger partial charge in [-0.3, -0.25) is 14.7 Å². The number of benzene rings is 1. The van der Waals surface area contributed by atoms with Crippen LogP contribution in [0, 0.1) is 11.3 Å². The van der Waals surface area contributed by atoms with Crippen LogP contribution in [0.1, 0.15) is 12.8 Å². The molecule has 220 valence electrons. The summed E-state index contributed by atoms with van der Waals surface area (Å²) in [6, 6.07) is 11.3. The number of fused-ring (bicyclic) bond motifs is 2. The Balaban J connectivity index is 1.41. The number of hydrogen-bond acceptors (Lipinski definition) is 9. The summed E-state index contributed by atoms with van der Waals surface area (Å²) in [6.07, 6.45) is 4.40. The lowest BCUT2D eigenvalue weighted by atomic mass is 10.0. The zero-order valence-corrected chi connectivity index (χ0v) is 24.4. The van der Waals surface area contributed by atoms with Crippen molar-refractivity contribution in [1.29, 1.82) is 5.26 Å². The highest BCUT2D eigenvalue weighted by Crippen LogP contribution is 2.35. The lowest BCUT2D eigenvalue weighted by molar-refractivity contribution is -0.128. The van der Waals surface area contributed by atoms with Gasteiger partial charge in [-0.15, -0.1) is 0 Å². The summed E-state index contributed by atoms with van der Waals surface area (Å²) in [5.74, 6) is 0.377. The molecule has 2 fully saturated rings. The average Bonchev–Trinajstić information content (AvgIpc) is 3.35. The Bertz CT molecular complexity index is 1740. The molecule has 2 aliphatic heterocycles. The molecule has 0 radical (unpaired) electrons. The van der Waals surface area contributed by atoms with E-state index in [0.717, 1.165) is 16.3 Å². The van der Waals surface area contributed by atoms with Gasteiger partial charge >= 0.3 is 6.01 Å². The van der Waals surface area contributed by atoms with E-state index >= 15 is 0 Å². The first-order valence-electron chi connectivity index (χ1n) is 14.1. The number of piperazine rings is 1. The fourth-order valence-electron chi connectivity index (χ4n) is 5.93. The number of nitrogens with zero attached hydrogens (tertiary/aromatic N) is 8. The monoisotopic (exact) mass is 600 g/mol. The van der Waals surface area contributed by atoms with E-state index in [-0.39, 0.29) is 37.0 Å². The number of nitriles is 1. The van der Waals surface area contributed by atoms with E-state index in [1.54, 1.807) is 17.3 Å². The number of aromatic nitrogens is 4. The smallest absolute Gasteiger partial charge is 0.320 e. The van der Waals surface area contributed by atoms with Gasteiger partial charge in [0, 0.05) is 66.0 Å². The molecule has 2 aliphatic rings. The van der Waals surface area contributed by atoms with Crippen molar-refractivity contribution in [3.05, 3.63) is 60.4 Å². The summed E-state index contributed by atoms with van der Waals surface area (Å²) in [5, 5.41) is 12.5. The summed E-state index contributed by atoms with van der Waals surface area (Å²) in [5.41, 5.74) is 1.81. The van der Waals surface area contributed by atoms with Crippen molar-refractivity contribution in [1.82, 2.24) is 29.7 Å². The van der Waals surface area contributed by atoms with Gasteiger partial charge in [0.15, 0.2) is 5.65 Å². The minimum Gasteiger partial charge on any atom is -0.462 e. The normalized spacial score (nSPS) is 20.8. The van der Waals surface area contributed by atoms with E-state index in [1.807, 2.05) is 47.2 Å². The molecule has 0 aliphatic carbocycles. The van der Waals surface area contributed by atoms with Crippen LogP contribution >= 0.6 is 11.6 Å². The van der Waals surface area contributed by atoms with Crippen LogP contribution in [0.4, 0.5) is 10.2 Å². The number of amides is 1. The Labute approximate surface area is 253 Å². The Hall–Kier alpha value is -4.40. The third-order valence-corrected chi connectivity index (χ3v) is 8.45. The van der Waals surface area contributed by atoms with Crippen molar-refractivity contribution in [3.63, 3.8) is 0 Å². The van der Waals surface area contributed by atoms with Crippen LogP contribution in [0.2, 0.25) is 5.02 Å². The molecule has 0 unspecified atom stereocenters. The van der Waals surface area contributed by atoms with Gasteiger partial charge in [0.2, 0.25) is 5.91 Å². The number of carbonyl (C=O) groups is 1. The molecule has 1 aromatic carbocycles. The summed E-state index contributed by atoms with van der Waals surface area (Å²) >= 11 is 6.60. The third kappa shape index (κ3) is 5.68. The van der Waals surface area contributed by atoms with Gasteiger partial charge in [0.1, 0.15) is 18.6 Å². The fraction of sp³-hybridized carbons (Fsp3) is 0.355. The van der Waals surface area contributed by atoms with Gasteiger partial charge in [-0.2, -0.15) is 15.2 Å². The summed E-state index contributed by atoms with van der Waals surface area (Å²) in [4.78, 5) is 36.9. The molecule has 6 rings (SSSR count). The number of hydrogen-bond donors (Lipinski definition) is 0. The van der Waals surface area contributed by atoms with Gasteiger partial charge in [0.25, 0.3) is 0 Å². The number of pyridine rings is 2. The van der Waals surface area contributed by atoms with Crippen molar-refractivity contribution in [2.45, 2.75) is 31.1 Å². The van der Waals surface area contributed by atoms with Crippen LogP contribution in [0.5, 0.6) is 6.01 Å². The minimum atomic E-state index is -0.899. The Morgan fingerprint density at radius 1 is 1.19 bits per heavy atom. The SMILES string of the molecule is C=CC(=O)N1CCN(c2nc(OC[C@@H]3C[C@@H](F)CN3C)nc3nc(-c4cncc5cccc(Cl)c45)ccc23)C[C@@H]1CC#N. The van der Waals surface area contributed by atoms with Crippen LogP contribution in [0.25, 0.3) is 33.1 Å². The average molecular weight is 601 g/mol. The number of halogens is 2. The molecule has 10 nitrogen and oxygen atoms in total. The molecule has 1 amide bonds. The van der Waals surface area contributed by atoms with Crippen molar-refractivity contribution in [3.8, 4) is 23.3 Å². The molecule has 0 N–H and O–H groups in total. The van der Waals surface area contributed by atoms with Crippen LogP contribution in [0.3, 0.4) is 0 Å². The standard InChI is InChI=1S/C31H30ClFN8O2/c1-3-27(42)41-12-11-40(17-21(41)9-10-34)30-23-7-8-26(24-15-35-14-19-5-4-6-25(32)28(19)24)36-29(23)37-31(38-30)43-18-22-13-20(33)16-39(22)2/h3-8,14-15,20-22H,1,9,11-13,16-18H2,2H3/t20-,21+,22+/m1/s1. The summed E-state index contributed by atoms with van der Waals surface area (Å²) in [6.45, 7) is 5.46. The number of anilines is 1. The molecular formula is C31H30ClFN8O2. The van der Waals surface area contributed by atoms with E-state index in [0.29, 0.717) is 60.2 Å². The van der Waals surface area contributed by atoms with E-state index in [2.05, 4.69) is 22.6 Å². The van der Waals surface area contributed by atoms with Crippen molar-refractivity contribution < 1.29 is 13.9 Å². The van der Waals surface area contributed by atoms with Gasteiger partial charge < -0.3 is 14.5 Å². The fourth-order valence-corrected chi connectivity index (χ4v) is 6.21. The number of likely N-dealkylation sites (N-methyl/N-ethyl adjacent to an activating group) is 1. The predicted octanol–water partition coefficient (Wildman–Crippen LogP) is 4.43.